The lowest BCUT2D eigenvalue weighted by Crippen LogP contribution is -2.33. The van der Waals surface area contributed by atoms with Crippen LogP contribution in [0, 0.1) is 0 Å². The summed E-state index contributed by atoms with van der Waals surface area (Å²) >= 11 is 1.46. The van der Waals surface area contributed by atoms with Gasteiger partial charge in [-0.1, -0.05) is 0 Å². The number of hydrogen-bond acceptors (Lipinski definition) is 6. The van der Waals surface area contributed by atoms with Crippen LogP contribution in [0.3, 0.4) is 0 Å². The van der Waals surface area contributed by atoms with Gasteiger partial charge in [0.05, 0.1) is 10.5 Å². The SMILES string of the molecule is CC1(C)CCN(Cc2cnc(N)s2)CCS1(=O)=O.Cl. The predicted molar refractivity (Wildman–Crippen MR) is 81.5 cm³/mol. The van der Waals surface area contributed by atoms with Crippen molar-refractivity contribution in [3.05, 3.63) is 11.1 Å². The van der Waals surface area contributed by atoms with Crippen LogP contribution in [0.2, 0.25) is 0 Å². The first kappa shape index (κ1) is 16.7. The Labute approximate surface area is 124 Å². The van der Waals surface area contributed by atoms with Crippen LogP contribution >= 0.6 is 23.7 Å². The molecule has 1 aliphatic rings. The van der Waals surface area contributed by atoms with Crippen LogP contribution < -0.4 is 5.73 Å². The molecule has 0 aromatic carbocycles. The van der Waals surface area contributed by atoms with Crippen molar-refractivity contribution in [3.8, 4) is 0 Å². The molecule has 5 nitrogen and oxygen atoms in total. The molecule has 1 fully saturated rings. The van der Waals surface area contributed by atoms with Crippen molar-refractivity contribution in [3.63, 3.8) is 0 Å². The fourth-order valence-electron chi connectivity index (χ4n) is 1.99. The zero-order valence-electron chi connectivity index (χ0n) is 11.1. The molecule has 2 heterocycles. The first-order valence-electron chi connectivity index (χ1n) is 5.95. The van der Waals surface area contributed by atoms with Crippen molar-refractivity contribution in [1.29, 1.82) is 0 Å². The number of hydrogen-bond donors (Lipinski definition) is 1. The summed E-state index contributed by atoms with van der Waals surface area (Å²) in [5.41, 5.74) is 5.59. The quantitative estimate of drug-likeness (QED) is 0.892. The Kier molecular flexibility index (Phi) is 5.22. The van der Waals surface area contributed by atoms with E-state index < -0.39 is 14.6 Å². The van der Waals surface area contributed by atoms with E-state index in [0.717, 1.165) is 18.0 Å². The highest BCUT2D eigenvalue weighted by Gasteiger charge is 2.36. The lowest BCUT2D eigenvalue weighted by atomic mass is 10.1. The molecule has 1 aromatic rings. The second-order valence-corrected chi connectivity index (χ2v) is 9.16. The summed E-state index contributed by atoms with van der Waals surface area (Å²) in [6.45, 7) is 5.75. The largest absolute Gasteiger partial charge is 0.375 e. The van der Waals surface area contributed by atoms with Crippen molar-refractivity contribution in [1.82, 2.24) is 9.88 Å². The summed E-state index contributed by atoms with van der Waals surface area (Å²) in [5.74, 6) is 0.230. The van der Waals surface area contributed by atoms with Crippen molar-refractivity contribution < 1.29 is 8.42 Å². The Bertz CT molecular complexity index is 528. The van der Waals surface area contributed by atoms with E-state index in [2.05, 4.69) is 9.88 Å². The van der Waals surface area contributed by atoms with Gasteiger partial charge in [0, 0.05) is 30.7 Å². The highest BCUT2D eigenvalue weighted by atomic mass is 35.5. The molecule has 0 aliphatic carbocycles. The Morgan fingerprint density at radius 2 is 2.16 bits per heavy atom. The number of anilines is 1. The van der Waals surface area contributed by atoms with E-state index >= 15 is 0 Å². The maximum absolute atomic E-state index is 12.1. The standard InChI is InChI=1S/C11H19N3O2S2.ClH/c1-11(2)3-4-14(5-6-18(11,15)16)8-9-7-13-10(12)17-9;/h7H,3-6,8H2,1-2H3,(H2,12,13);1H. The van der Waals surface area contributed by atoms with Crippen LogP contribution in [0.4, 0.5) is 5.13 Å². The minimum Gasteiger partial charge on any atom is -0.375 e. The monoisotopic (exact) mass is 325 g/mol. The first-order chi connectivity index (χ1) is 8.30. The van der Waals surface area contributed by atoms with Crippen LogP contribution in [0.1, 0.15) is 25.1 Å². The van der Waals surface area contributed by atoms with Gasteiger partial charge in [-0.2, -0.15) is 0 Å². The summed E-state index contributed by atoms with van der Waals surface area (Å²) in [6.07, 6.45) is 2.44. The lowest BCUT2D eigenvalue weighted by molar-refractivity contribution is 0.278. The van der Waals surface area contributed by atoms with Gasteiger partial charge in [0.25, 0.3) is 0 Å². The molecule has 0 radical (unpaired) electrons. The third kappa shape index (κ3) is 3.81. The van der Waals surface area contributed by atoms with Gasteiger partial charge in [0.1, 0.15) is 0 Å². The third-order valence-corrected chi connectivity index (χ3v) is 6.92. The number of nitrogens with zero attached hydrogens (tertiary/aromatic N) is 2. The van der Waals surface area contributed by atoms with Gasteiger partial charge in [0.15, 0.2) is 15.0 Å². The summed E-state index contributed by atoms with van der Waals surface area (Å²) in [7, 11) is -3.00. The Morgan fingerprint density at radius 3 is 2.74 bits per heavy atom. The number of nitrogens with two attached hydrogens (primary N) is 1. The molecule has 1 aromatic heterocycles. The molecule has 0 saturated carbocycles. The van der Waals surface area contributed by atoms with Crippen LogP contribution in [0.5, 0.6) is 0 Å². The van der Waals surface area contributed by atoms with Crippen molar-refractivity contribution in [2.75, 3.05) is 24.6 Å². The van der Waals surface area contributed by atoms with Crippen LogP contribution in [0.25, 0.3) is 0 Å². The van der Waals surface area contributed by atoms with Gasteiger partial charge in [0.2, 0.25) is 0 Å². The highest BCUT2D eigenvalue weighted by molar-refractivity contribution is 7.92. The van der Waals surface area contributed by atoms with Gasteiger partial charge in [-0.25, -0.2) is 13.4 Å². The van der Waals surface area contributed by atoms with Crippen LogP contribution in [-0.4, -0.2) is 41.9 Å². The molecule has 0 amide bonds. The molecule has 0 unspecified atom stereocenters. The summed E-state index contributed by atoms with van der Waals surface area (Å²) in [5, 5.41) is 0.563. The van der Waals surface area contributed by atoms with E-state index in [1.165, 1.54) is 11.3 Å². The minimum atomic E-state index is -3.00. The average Bonchev–Trinajstić information content (AvgIpc) is 2.63. The minimum absolute atomic E-state index is 0. The molecular formula is C11H20ClN3O2S2. The van der Waals surface area contributed by atoms with E-state index in [1.54, 1.807) is 6.20 Å². The molecule has 0 bridgehead atoms. The van der Waals surface area contributed by atoms with Gasteiger partial charge >= 0.3 is 0 Å². The average molecular weight is 326 g/mol. The normalized spacial score (nSPS) is 22.4. The van der Waals surface area contributed by atoms with Crippen molar-refractivity contribution in [2.45, 2.75) is 31.6 Å². The smallest absolute Gasteiger partial charge is 0.180 e. The second kappa shape index (κ2) is 5.95. The fraction of sp³-hybridized carbons (Fsp3) is 0.727. The molecule has 2 N–H and O–H groups in total. The van der Waals surface area contributed by atoms with E-state index in [0.29, 0.717) is 18.1 Å². The third-order valence-electron chi connectivity index (χ3n) is 3.50. The Morgan fingerprint density at radius 1 is 1.47 bits per heavy atom. The zero-order valence-corrected chi connectivity index (χ0v) is 13.6. The topological polar surface area (TPSA) is 76.3 Å². The number of nitrogen functional groups attached to an aromatic ring is 1. The maximum Gasteiger partial charge on any atom is 0.180 e. The summed E-state index contributed by atoms with van der Waals surface area (Å²) in [4.78, 5) is 7.27. The van der Waals surface area contributed by atoms with Gasteiger partial charge in [-0.05, 0) is 20.3 Å². The number of halogens is 1. The first-order valence-corrected chi connectivity index (χ1v) is 8.42. The number of sulfone groups is 1. The van der Waals surface area contributed by atoms with Crippen molar-refractivity contribution >= 4 is 38.7 Å². The number of rotatable bonds is 2. The highest BCUT2D eigenvalue weighted by Crippen LogP contribution is 2.26. The fourth-order valence-corrected chi connectivity index (χ4v) is 4.17. The van der Waals surface area contributed by atoms with Crippen molar-refractivity contribution in [2.24, 2.45) is 0 Å². The lowest BCUT2D eigenvalue weighted by Gasteiger charge is -2.22. The van der Waals surface area contributed by atoms with Crippen LogP contribution in [0.15, 0.2) is 6.20 Å². The van der Waals surface area contributed by atoms with E-state index in [-0.39, 0.29) is 18.2 Å². The summed E-state index contributed by atoms with van der Waals surface area (Å²) in [6, 6.07) is 0. The molecule has 2 rings (SSSR count). The zero-order chi connectivity index (χ0) is 13.4. The number of aromatic nitrogens is 1. The molecule has 19 heavy (non-hydrogen) atoms. The van der Waals surface area contributed by atoms with E-state index in [9.17, 15) is 8.42 Å². The molecule has 1 saturated heterocycles. The molecule has 8 heteroatoms. The number of thiazole rings is 1. The molecule has 0 atom stereocenters. The molecule has 0 spiro atoms. The molecule has 110 valence electrons. The summed E-state index contributed by atoms with van der Waals surface area (Å²) < 4.78 is 23.5. The molecule has 1 aliphatic heterocycles. The van der Waals surface area contributed by atoms with Gasteiger partial charge in [-0.3, -0.25) is 4.90 Å². The van der Waals surface area contributed by atoms with E-state index in [4.69, 9.17) is 5.73 Å². The maximum atomic E-state index is 12.1. The molecular weight excluding hydrogens is 306 g/mol. The second-order valence-electron chi connectivity index (χ2n) is 5.27. The van der Waals surface area contributed by atoms with Crippen LogP contribution in [-0.2, 0) is 16.4 Å². The predicted octanol–water partition coefficient (Wildman–Crippen LogP) is 1.55. The van der Waals surface area contributed by atoms with Gasteiger partial charge in [-0.15, -0.1) is 23.7 Å². The Balaban J connectivity index is 0.00000180. The Hall–Kier alpha value is -0.370. The van der Waals surface area contributed by atoms with E-state index in [1.807, 2.05) is 13.8 Å². The van der Waals surface area contributed by atoms with Gasteiger partial charge < -0.3 is 5.73 Å².